The summed E-state index contributed by atoms with van der Waals surface area (Å²) in [6.07, 6.45) is 3.03. The molecule has 1 aromatic rings. The van der Waals surface area contributed by atoms with Gasteiger partial charge in [-0.05, 0) is 30.4 Å². The maximum atomic E-state index is 9.04. The molecule has 0 saturated heterocycles. The van der Waals surface area contributed by atoms with Crippen LogP contribution in [0.1, 0.15) is 30.0 Å². The monoisotopic (exact) mass is 235 g/mol. The van der Waals surface area contributed by atoms with Crippen LogP contribution in [0.2, 0.25) is 0 Å². The number of hydrogen-bond donors (Lipinski definition) is 2. The smallest absolute Gasteiger partial charge is 0.0616 e. The van der Waals surface area contributed by atoms with Crippen molar-refractivity contribution in [2.45, 2.75) is 31.3 Å². The molecule has 0 amide bonds. The van der Waals surface area contributed by atoms with Crippen LogP contribution in [0, 0.1) is 0 Å². The molecule has 1 aliphatic rings. The number of hydrogen-bond acceptors (Lipinski definition) is 3. The molecule has 2 rings (SSSR count). The summed E-state index contributed by atoms with van der Waals surface area (Å²) >= 11 is 0. The van der Waals surface area contributed by atoms with E-state index in [-0.39, 0.29) is 12.6 Å². The largest absolute Gasteiger partial charge is 0.396 e. The Balaban J connectivity index is 1.99. The van der Waals surface area contributed by atoms with Gasteiger partial charge in [0.25, 0.3) is 0 Å². The zero-order valence-electron chi connectivity index (χ0n) is 10.4. The highest BCUT2D eigenvalue weighted by atomic mass is 16.5. The molecule has 3 heteroatoms. The van der Waals surface area contributed by atoms with E-state index in [1.807, 2.05) is 0 Å². The van der Waals surface area contributed by atoms with Crippen LogP contribution in [-0.4, -0.2) is 31.5 Å². The van der Waals surface area contributed by atoms with Crippen LogP contribution in [0.25, 0.3) is 0 Å². The van der Waals surface area contributed by atoms with Gasteiger partial charge < -0.3 is 15.2 Å². The molecule has 0 aromatic heterocycles. The quantitative estimate of drug-likeness (QED) is 0.788. The van der Waals surface area contributed by atoms with Crippen molar-refractivity contribution in [2.75, 3.05) is 20.3 Å². The van der Waals surface area contributed by atoms with Crippen molar-refractivity contribution >= 4 is 0 Å². The van der Waals surface area contributed by atoms with E-state index in [0.717, 1.165) is 19.3 Å². The minimum absolute atomic E-state index is 0.204. The van der Waals surface area contributed by atoms with Gasteiger partial charge in [0.2, 0.25) is 0 Å². The molecular formula is C14H21NO2. The second-order valence-electron chi connectivity index (χ2n) is 4.62. The van der Waals surface area contributed by atoms with Gasteiger partial charge in [0.15, 0.2) is 0 Å². The average molecular weight is 235 g/mol. The van der Waals surface area contributed by atoms with Gasteiger partial charge in [-0.1, -0.05) is 24.3 Å². The number of fused-ring (bicyclic) bond motifs is 1. The third-order valence-electron chi connectivity index (χ3n) is 3.42. The lowest BCUT2D eigenvalue weighted by Gasteiger charge is -2.22. The van der Waals surface area contributed by atoms with E-state index in [2.05, 4.69) is 29.6 Å². The fourth-order valence-corrected chi connectivity index (χ4v) is 2.59. The molecule has 3 nitrogen and oxygen atoms in total. The number of methoxy groups -OCH3 is 1. The van der Waals surface area contributed by atoms with Crippen LogP contribution in [0.5, 0.6) is 0 Å². The topological polar surface area (TPSA) is 41.5 Å². The van der Waals surface area contributed by atoms with Crippen molar-refractivity contribution in [1.82, 2.24) is 5.32 Å². The van der Waals surface area contributed by atoms with E-state index in [4.69, 9.17) is 9.84 Å². The summed E-state index contributed by atoms with van der Waals surface area (Å²) in [6.45, 7) is 0.856. The minimum atomic E-state index is 0.204. The minimum Gasteiger partial charge on any atom is -0.396 e. The van der Waals surface area contributed by atoms with E-state index in [9.17, 15) is 0 Å². The van der Waals surface area contributed by atoms with Gasteiger partial charge >= 0.3 is 0 Å². The Kier molecular flexibility index (Phi) is 4.54. The Hall–Kier alpha value is -0.900. The number of nitrogens with one attached hydrogen (secondary N) is 1. The highest BCUT2D eigenvalue weighted by molar-refractivity contribution is 5.34. The lowest BCUT2D eigenvalue weighted by molar-refractivity contribution is 0.142. The predicted octanol–water partition coefficient (Wildman–Crippen LogP) is 1.66. The molecule has 0 heterocycles. The molecule has 0 radical (unpaired) electrons. The second-order valence-corrected chi connectivity index (χ2v) is 4.62. The summed E-state index contributed by atoms with van der Waals surface area (Å²) < 4.78 is 5.18. The predicted molar refractivity (Wildman–Crippen MR) is 68.0 cm³/mol. The molecule has 0 spiro atoms. The molecule has 0 aliphatic heterocycles. The summed E-state index contributed by atoms with van der Waals surface area (Å²) in [6, 6.07) is 9.24. The summed E-state index contributed by atoms with van der Waals surface area (Å²) in [4.78, 5) is 0. The zero-order valence-corrected chi connectivity index (χ0v) is 10.4. The standard InChI is InChI=1S/C14H21NO2/c1-17-10-12(8-9-16)15-14-7-6-11-4-2-3-5-13(11)14/h2-5,12,14-16H,6-10H2,1H3. The van der Waals surface area contributed by atoms with Gasteiger partial charge in [0.1, 0.15) is 0 Å². The molecular weight excluding hydrogens is 214 g/mol. The molecule has 2 unspecified atom stereocenters. The third kappa shape index (κ3) is 3.06. The van der Waals surface area contributed by atoms with Crippen LogP contribution >= 0.6 is 0 Å². The first-order chi connectivity index (χ1) is 8.35. The highest BCUT2D eigenvalue weighted by Crippen LogP contribution is 2.31. The molecule has 1 aromatic carbocycles. The van der Waals surface area contributed by atoms with Gasteiger partial charge in [0, 0.05) is 25.8 Å². The first-order valence-corrected chi connectivity index (χ1v) is 6.28. The fourth-order valence-electron chi connectivity index (χ4n) is 2.59. The van der Waals surface area contributed by atoms with Gasteiger partial charge in [-0.25, -0.2) is 0 Å². The first kappa shape index (κ1) is 12.6. The number of aryl methyl sites for hydroxylation is 1. The summed E-state index contributed by atoms with van der Waals surface area (Å²) in [5.41, 5.74) is 2.86. The molecule has 1 aliphatic carbocycles. The normalized spacial score (nSPS) is 20.2. The number of ether oxygens (including phenoxy) is 1. The van der Waals surface area contributed by atoms with Gasteiger partial charge in [-0.3, -0.25) is 0 Å². The lowest BCUT2D eigenvalue weighted by Crippen LogP contribution is -2.36. The van der Waals surface area contributed by atoms with Crippen molar-refractivity contribution in [3.05, 3.63) is 35.4 Å². The summed E-state index contributed by atoms with van der Waals surface area (Å²) in [5.74, 6) is 0. The fraction of sp³-hybridized carbons (Fsp3) is 0.571. The van der Waals surface area contributed by atoms with Crippen molar-refractivity contribution in [1.29, 1.82) is 0 Å². The molecule has 2 atom stereocenters. The van der Waals surface area contributed by atoms with E-state index in [1.165, 1.54) is 11.1 Å². The Morgan fingerprint density at radius 1 is 1.47 bits per heavy atom. The van der Waals surface area contributed by atoms with Gasteiger partial charge in [-0.15, -0.1) is 0 Å². The van der Waals surface area contributed by atoms with Gasteiger partial charge in [-0.2, -0.15) is 0 Å². The van der Waals surface area contributed by atoms with Crippen LogP contribution in [0.3, 0.4) is 0 Å². The number of benzene rings is 1. The van der Waals surface area contributed by atoms with Crippen LogP contribution in [0.15, 0.2) is 24.3 Å². The molecule has 94 valence electrons. The van der Waals surface area contributed by atoms with Crippen molar-refractivity contribution in [3.8, 4) is 0 Å². The molecule has 17 heavy (non-hydrogen) atoms. The van der Waals surface area contributed by atoms with Gasteiger partial charge in [0.05, 0.1) is 6.61 Å². The highest BCUT2D eigenvalue weighted by Gasteiger charge is 2.23. The van der Waals surface area contributed by atoms with Crippen LogP contribution < -0.4 is 5.32 Å². The van der Waals surface area contributed by atoms with Crippen molar-refractivity contribution < 1.29 is 9.84 Å². The van der Waals surface area contributed by atoms with E-state index in [1.54, 1.807) is 7.11 Å². The Morgan fingerprint density at radius 3 is 3.06 bits per heavy atom. The number of rotatable bonds is 6. The average Bonchev–Trinajstić information content (AvgIpc) is 2.74. The first-order valence-electron chi connectivity index (χ1n) is 6.28. The Morgan fingerprint density at radius 2 is 2.29 bits per heavy atom. The molecule has 0 fully saturated rings. The molecule has 0 saturated carbocycles. The van der Waals surface area contributed by atoms with Crippen molar-refractivity contribution in [2.24, 2.45) is 0 Å². The maximum Gasteiger partial charge on any atom is 0.0616 e. The van der Waals surface area contributed by atoms with Crippen LogP contribution in [-0.2, 0) is 11.2 Å². The van der Waals surface area contributed by atoms with E-state index in [0.29, 0.717) is 12.6 Å². The van der Waals surface area contributed by atoms with Crippen molar-refractivity contribution in [3.63, 3.8) is 0 Å². The summed E-state index contributed by atoms with van der Waals surface area (Å²) in [7, 11) is 1.70. The van der Waals surface area contributed by atoms with Crippen LogP contribution in [0.4, 0.5) is 0 Å². The number of aliphatic hydroxyl groups is 1. The second kappa shape index (κ2) is 6.15. The summed E-state index contributed by atoms with van der Waals surface area (Å²) in [5, 5.41) is 12.6. The van der Waals surface area contributed by atoms with E-state index < -0.39 is 0 Å². The molecule has 0 bridgehead atoms. The van der Waals surface area contributed by atoms with E-state index >= 15 is 0 Å². The number of aliphatic hydroxyl groups excluding tert-OH is 1. The Labute approximate surface area is 103 Å². The molecule has 2 N–H and O–H groups in total. The maximum absolute atomic E-state index is 9.04. The lowest BCUT2D eigenvalue weighted by atomic mass is 10.1. The third-order valence-corrected chi connectivity index (χ3v) is 3.42. The Bertz CT molecular complexity index is 348. The SMILES string of the molecule is COCC(CCO)NC1CCc2ccccc21. The zero-order chi connectivity index (χ0) is 12.1.